The second-order valence-electron chi connectivity index (χ2n) is 3.22. The van der Waals surface area contributed by atoms with Gasteiger partial charge in [-0.3, -0.25) is 0 Å². The number of halogens is 1. The van der Waals surface area contributed by atoms with Crippen LogP contribution in [0.1, 0.15) is 12.2 Å². The maximum atomic E-state index is 8.94. The summed E-state index contributed by atoms with van der Waals surface area (Å²) in [5.41, 5.74) is 0. The van der Waals surface area contributed by atoms with Gasteiger partial charge in [0.1, 0.15) is 5.76 Å². The van der Waals surface area contributed by atoms with Crippen molar-refractivity contribution in [3.05, 3.63) is 23.1 Å². The van der Waals surface area contributed by atoms with E-state index in [-0.39, 0.29) is 12.6 Å². The summed E-state index contributed by atoms with van der Waals surface area (Å²) in [6, 6.07) is 3.83. The molecule has 0 fully saturated rings. The Morgan fingerprint density at radius 3 is 2.93 bits per heavy atom. The molecule has 0 radical (unpaired) electrons. The van der Waals surface area contributed by atoms with Gasteiger partial charge in [-0.1, -0.05) is 0 Å². The van der Waals surface area contributed by atoms with Crippen LogP contribution in [0.2, 0.25) is 5.22 Å². The number of aliphatic hydroxyl groups is 1. The van der Waals surface area contributed by atoms with E-state index in [1.54, 1.807) is 17.8 Å². The van der Waals surface area contributed by atoms with Gasteiger partial charge in [0, 0.05) is 6.04 Å². The maximum Gasteiger partial charge on any atom is 0.193 e. The highest BCUT2D eigenvalue weighted by molar-refractivity contribution is 7.98. The molecule has 0 aliphatic heterocycles. The number of hydrogen-bond donors (Lipinski definition) is 2. The van der Waals surface area contributed by atoms with Crippen molar-refractivity contribution in [3.8, 4) is 0 Å². The Balaban J connectivity index is 2.11. The molecule has 2 N–H and O–H groups in total. The molecule has 0 amide bonds. The lowest BCUT2D eigenvalue weighted by atomic mass is 10.2. The van der Waals surface area contributed by atoms with E-state index in [9.17, 15) is 0 Å². The molecule has 1 aromatic heterocycles. The Bertz CT molecular complexity index is 276. The van der Waals surface area contributed by atoms with Crippen molar-refractivity contribution in [2.45, 2.75) is 18.2 Å². The summed E-state index contributed by atoms with van der Waals surface area (Å²) < 4.78 is 5.22. The van der Waals surface area contributed by atoms with Crippen LogP contribution in [0.3, 0.4) is 0 Å². The lowest BCUT2D eigenvalue weighted by Gasteiger charge is -2.11. The van der Waals surface area contributed by atoms with Crippen LogP contribution in [0.5, 0.6) is 0 Å². The van der Waals surface area contributed by atoms with Gasteiger partial charge < -0.3 is 14.8 Å². The van der Waals surface area contributed by atoms with E-state index < -0.39 is 0 Å². The molecule has 15 heavy (non-hydrogen) atoms. The van der Waals surface area contributed by atoms with Gasteiger partial charge in [0.25, 0.3) is 0 Å². The number of rotatable bonds is 7. The molecule has 1 rings (SSSR count). The van der Waals surface area contributed by atoms with Crippen LogP contribution in [0, 0.1) is 0 Å². The lowest BCUT2D eigenvalue weighted by molar-refractivity contribution is 0.246. The van der Waals surface area contributed by atoms with Crippen LogP contribution < -0.4 is 5.32 Å². The summed E-state index contributed by atoms with van der Waals surface area (Å²) in [4.78, 5) is 0. The van der Waals surface area contributed by atoms with Crippen LogP contribution in [-0.2, 0) is 5.75 Å². The molecule has 0 aliphatic carbocycles. The second kappa shape index (κ2) is 7.17. The zero-order valence-corrected chi connectivity index (χ0v) is 10.3. The molecule has 0 aromatic carbocycles. The average molecular weight is 250 g/mol. The average Bonchev–Trinajstić information content (AvgIpc) is 2.65. The molecule has 0 saturated heterocycles. The SMILES string of the molecule is CNC(CO)CCSCc1ccc(Cl)o1. The number of hydrogen-bond acceptors (Lipinski definition) is 4. The van der Waals surface area contributed by atoms with Crippen molar-refractivity contribution in [1.29, 1.82) is 0 Å². The monoisotopic (exact) mass is 249 g/mol. The van der Waals surface area contributed by atoms with Gasteiger partial charge in [-0.2, -0.15) is 11.8 Å². The summed E-state index contributed by atoms with van der Waals surface area (Å²) in [5.74, 6) is 2.72. The summed E-state index contributed by atoms with van der Waals surface area (Å²) in [6.45, 7) is 0.184. The molecule has 0 spiro atoms. The van der Waals surface area contributed by atoms with Crippen molar-refractivity contribution < 1.29 is 9.52 Å². The normalized spacial score (nSPS) is 13.0. The van der Waals surface area contributed by atoms with Crippen LogP contribution in [0.25, 0.3) is 0 Å². The first-order valence-corrected chi connectivity index (χ1v) is 6.39. The van der Waals surface area contributed by atoms with E-state index in [2.05, 4.69) is 5.32 Å². The Kier molecular flexibility index (Phi) is 6.17. The standard InChI is InChI=1S/C10H16ClNO2S/c1-12-8(6-13)4-5-15-7-9-2-3-10(11)14-9/h2-3,8,12-13H,4-7H2,1H3. The van der Waals surface area contributed by atoms with Crippen molar-refractivity contribution in [2.75, 3.05) is 19.4 Å². The highest BCUT2D eigenvalue weighted by atomic mass is 35.5. The van der Waals surface area contributed by atoms with E-state index in [1.807, 2.05) is 13.1 Å². The molecular weight excluding hydrogens is 234 g/mol. The van der Waals surface area contributed by atoms with E-state index in [0.29, 0.717) is 5.22 Å². The van der Waals surface area contributed by atoms with Crippen LogP contribution in [-0.4, -0.2) is 30.6 Å². The highest BCUT2D eigenvalue weighted by Gasteiger charge is 2.04. The molecule has 1 atom stereocenters. The fourth-order valence-electron chi connectivity index (χ4n) is 1.15. The molecule has 1 unspecified atom stereocenters. The number of furan rings is 1. The third kappa shape index (κ3) is 4.93. The fraction of sp³-hybridized carbons (Fsp3) is 0.600. The second-order valence-corrected chi connectivity index (χ2v) is 4.69. The molecule has 0 aliphatic rings. The van der Waals surface area contributed by atoms with Gasteiger partial charge in [-0.25, -0.2) is 0 Å². The first-order chi connectivity index (χ1) is 7.26. The predicted octanol–water partition coefficient (Wildman–Crippen LogP) is 2.14. The summed E-state index contributed by atoms with van der Waals surface area (Å²) in [7, 11) is 1.86. The van der Waals surface area contributed by atoms with Crippen molar-refractivity contribution in [3.63, 3.8) is 0 Å². The summed E-state index contributed by atoms with van der Waals surface area (Å²) in [5, 5.41) is 12.4. The molecule has 86 valence electrons. The molecule has 1 aromatic rings. The van der Waals surface area contributed by atoms with Gasteiger partial charge in [-0.15, -0.1) is 0 Å². The largest absolute Gasteiger partial charge is 0.449 e. The first kappa shape index (κ1) is 12.9. The minimum absolute atomic E-state index is 0.184. The van der Waals surface area contributed by atoms with Crippen LogP contribution >= 0.6 is 23.4 Å². The highest BCUT2D eigenvalue weighted by Crippen LogP contribution is 2.19. The van der Waals surface area contributed by atoms with E-state index in [0.717, 1.165) is 23.7 Å². The molecule has 3 nitrogen and oxygen atoms in total. The van der Waals surface area contributed by atoms with Gasteiger partial charge in [0.05, 0.1) is 12.4 Å². The third-order valence-corrected chi connectivity index (χ3v) is 3.33. The molecule has 0 saturated carbocycles. The van der Waals surface area contributed by atoms with Gasteiger partial charge in [-0.05, 0) is 43.0 Å². The third-order valence-electron chi connectivity index (χ3n) is 2.11. The fourth-order valence-corrected chi connectivity index (χ4v) is 2.27. The quantitative estimate of drug-likeness (QED) is 0.727. The number of likely N-dealkylation sites (N-methyl/N-ethyl adjacent to an activating group) is 1. The first-order valence-electron chi connectivity index (χ1n) is 4.86. The molecular formula is C10H16ClNO2S. The Hall–Kier alpha value is -0.160. The smallest absolute Gasteiger partial charge is 0.193 e. The maximum absolute atomic E-state index is 8.94. The van der Waals surface area contributed by atoms with Crippen LogP contribution in [0.15, 0.2) is 16.5 Å². The zero-order valence-electron chi connectivity index (χ0n) is 8.70. The minimum atomic E-state index is 0.184. The molecule has 0 bridgehead atoms. The number of thioether (sulfide) groups is 1. The Labute approximate surface area is 99.2 Å². The number of aliphatic hydroxyl groups excluding tert-OH is 1. The van der Waals surface area contributed by atoms with Gasteiger partial charge in [0.2, 0.25) is 0 Å². The lowest BCUT2D eigenvalue weighted by Crippen LogP contribution is -2.29. The Morgan fingerprint density at radius 2 is 2.40 bits per heavy atom. The molecule has 5 heteroatoms. The zero-order chi connectivity index (χ0) is 11.1. The number of nitrogens with one attached hydrogen (secondary N) is 1. The van der Waals surface area contributed by atoms with Crippen molar-refractivity contribution >= 4 is 23.4 Å². The van der Waals surface area contributed by atoms with Crippen molar-refractivity contribution in [2.24, 2.45) is 0 Å². The minimum Gasteiger partial charge on any atom is -0.449 e. The van der Waals surface area contributed by atoms with Crippen molar-refractivity contribution in [1.82, 2.24) is 5.32 Å². The Morgan fingerprint density at radius 1 is 1.60 bits per heavy atom. The van der Waals surface area contributed by atoms with E-state index in [1.165, 1.54) is 0 Å². The van der Waals surface area contributed by atoms with Gasteiger partial charge in [0.15, 0.2) is 5.22 Å². The van der Waals surface area contributed by atoms with E-state index >= 15 is 0 Å². The topological polar surface area (TPSA) is 45.4 Å². The summed E-state index contributed by atoms with van der Waals surface area (Å²) in [6.07, 6.45) is 0.951. The molecule has 1 heterocycles. The van der Waals surface area contributed by atoms with Crippen LogP contribution in [0.4, 0.5) is 0 Å². The predicted molar refractivity (Wildman–Crippen MR) is 64.4 cm³/mol. The summed E-state index contributed by atoms with van der Waals surface area (Å²) >= 11 is 7.42. The van der Waals surface area contributed by atoms with E-state index in [4.69, 9.17) is 21.1 Å². The van der Waals surface area contributed by atoms with Gasteiger partial charge >= 0.3 is 0 Å².